The van der Waals surface area contributed by atoms with Crippen LogP contribution in [0.2, 0.25) is 0 Å². The van der Waals surface area contributed by atoms with Gasteiger partial charge in [0.15, 0.2) is 0 Å². The standard InChI is InChI=1S/C12H18N2O4/c1-9-3-4-10(7-12(9)14(16)17)13-6-5-11(15)8-18-2/h3-4,7,11,13,15H,5-6,8H2,1-2H3. The Balaban J connectivity index is 2.53. The summed E-state index contributed by atoms with van der Waals surface area (Å²) in [5, 5.41) is 23.2. The molecule has 0 heterocycles. The molecule has 0 saturated carbocycles. The van der Waals surface area contributed by atoms with Gasteiger partial charge in [-0.1, -0.05) is 6.07 Å². The van der Waals surface area contributed by atoms with Crippen molar-refractivity contribution in [2.24, 2.45) is 0 Å². The summed E-state index contributed by atoms with van der Waals surface area (Å²) in [4.78, 5) is 10.4. The fourth-order valence-corrected chi connectivity index (χ4v) is 1.57. The van der Waals surface area contributed by atoms with Gasteiger partial charge >= 0.3 is 0 Å². The van der Waals surface area contributed by atoms with Crippen LogP contribution in [0.3, 0.4) is 0 Å². The van der Waals surface area contributed by atoms with E-state index in [2.05, 4.69) is 5.32 Å². The number of aliphatic hydroxyl groups is 1. The van der Waals surface area contributed by atoms with Crippen LogP contribution in [0.5, 0.6) is 0 Å². The van der Waals surface area contributed by atoms with Crippen molar-refractivity contribution in [1.29, 1.82) is 0 Å². The molecule has 0 aromatic heterocycles. The Bertz CT molecular complexity index is 409. The molecule has 0 saturated heterocycles. The van der Waals surface area contributed by atoms with Crippen molar-refractivity contribution >= 4 is 11.4 Å². The summed E-state index contributed by atoms with van der Waals surface area (Å²) in [5.41, 5.74) is 1.40. The number of nitrogens with zero attached hydrogens (tertiary/aromatic N) is 1. The maximum atomic E-state index is 10.8. The molecule has 0 fully saturated rings. The minimum absolute atomic E-state index is 0.0949. The van der Waals surface area contributed by atoms with Crippen LogP contribution in [-0.2, 0) is 4.74 Å². The van der Waals surface area contributed by atoms with E-state index < -0.39 is 11.0 Å². The number of aryl methyl sites for hydroxylation is 1. The Labute approximate surface area is 106 Å². The van der Waals surface area contributed by atoms with E-state index in [-0.39, 0.29) is 12.3 Å². The van der Waals surface area contributed by atoms with Crippen LogP contribution in [-0.4, -0.2) is 36.4 Å². The highest BCUT2D eigenvalue weighted by Gasteiger charge is 2.11. The Morgan fingerprint density at radius 1 is 1.56 bits per heavy atom. The van der Waals surface area contributed by atoms with Crippen LogP contribution in [0.1, 0.15) is 12.0 Å². The third-order valence-electron chi connectivity index (χ3n) is 2.57. The van der Waals surface area contributed by atoms with E-state index in [1.807, 2.05) is 0 Å². The molecule has 0 aliphatic heterocycles. The molecule has 0 amide bonds. The topological polar surface area (TPSA) is 84.6 Å². The molecule has 0 spiro atoms. The lowest BCUT2D eigenvalue weighted by Gasteiger charge is -2.11. The normalized spacial score (nSPS) is 12.2. The lowest BCUT2D eigenvalue weighted by Crippen LogP contribution is -2.18. The molecule has 0 radical (unpaired) electrons. The van der Waals surface area contributed by atoms with E-state index in [9.17, 15) is 15.2 Å². The van der Waals surface area contributed by atoms with Crippen molar-refractivity contribution in [3.8, 4) is 0 Å². The van der Waals surface area contributed by atoms with Crippen LogP contribution in [0, 0.1) is 17.0 Å². The fourth-order valence-electron chi connectivity index (χ4n) is 1.57. The van der Waals surface area contributed by atoms with Gasteiger partial charge in [-0.05, 0) is 19.4 Å². The molecule has 6 nitrogen and oxygen atoms in total. The number of nitro groups is 1. The molecule has 18 heavy (non-hydrogen) atoms. The zero-order valence-corrected chi connectivity index (χ0v) is 10.5. The van der Waals surface area contributed by atoms with Crippen LogP contribution in [0.4, 0.5) is 11.4 Å². The van der Waals surface area contributed by atoms with Gasteiger partial charge < -0.3 is 15.2 Å². The summed E-state index contributed by atoms with van der Waals surface area (Å²) < 4.78 is 4.81. The van der Waals surface area contributed by atoms with Gasteiger partial charge in [-0.3, -0.25) is 10.1 Å². The van der Waals surface area contributed by atoms with Crippen LogP contribution in [0.15, 0.2) is 18.2 Å². The predicted molar refractivity (Wildman–Crippen MR) is 68.8 cm³/mol. The molecular formula is C12H18N2O4. The van der Waals surface area contributed by atoms with Gasteiger partial charge in [-0.25, -0.2) is 0 Å². The molecule has 6 heteroatoms. The number of benzene rings is 1. The largest absolute Gasteiger partial charge is 0.391 e. The van der Waals surface area contributed by atoms with Crippen LogP contribution in [0.25, 0.3) is 0 Å². The first-order valence-electron chi connectivity index (χ1n) is 5.70. The molecule has 100 valence electrons. The van der Waals surface area contributed by atoms with Gasteiger partial charge in [0.05, 0.1) is 17.6 Å². The van der Waals surface area contributed by atoms with Crippen molar-refractivity contribution in [3.63, 3.8) is 0 Å². The highest BCUT2D eigenvalue weighted by molar-refractivity contribution is 5.54. The summed E-state index contributed by atoms with van der Waals surface area (Å²) in [6.07, 6.45) is -0.00173. The van der Waals surface area contributed by atoms with Crippen molar-refractivity contribution in [2.45, 2.75) is 19.4 Å². The van der Waals surface area contributed by atoms with E-state index >= 15 is 0 Å². The van der Waals surface area contributed by atoms with E-state index in [4.69, 9.17) is 4.74 Å². The number of ether oxygens (including phenoxy) is 1. The Kier molecular flexibility index (Phi) is 5.54. The molecule has 1 aromatic rings. The summed E-state index contributed by atoms with van der Waals surface area (Å²) in [6.45, 7) is 2.52. The minimum Gasteiger partial charge on any atom is -0.391 e. The fraction of sp³-hybridized carbons (Fsp3) is 0.500. The third-order valence-corrected chi connectivity index (χ3v) is 2.57. The second kappa shape index (κ2) is 6.93. The maximum absolute atomic E-state index is 10.8. The zero-order chi connectivity index (χ0) is 13.5. The second-order valence-corrected chi connectivity index (χ2v) is 4.08. The molecule has 1 atom stereocenters. The highest BCUT2D eigenvalue weighted by Crippen LogP contribution is 2.22. The smallest absolute Gasteiger partial charge is 0.274 e. The van der Waals surface area contributed by atoms with Crippen molar-refractivity contribution in [1.82, 2.24) is 0 Å². The SMILES string of the molecule is COCC(O)CCNc1ccc(C)c([N+](=O)[O-])c1. The number of anilines is 1. The number of nitrogens with one attached hydrogen (secondary N) is 1. The number of hydrogen-bond donors (Lipinski definition) is 2. The Hall–Kier alpha value is -1.66. The Morgan fingerprint density at radius 2 is 2.28 bits per heavy atom. The van der Waals surface area contributed by atoms with Crippen LogP contribution < -0.4 is 5.32 Å². The molecule has 1 unspecified atom stereocenters. The summed E-state index contributed by atoms with van der Waals surface area (Å²) in [7, 11) is 1.53. The number of methoxy groups -OCH3 is 1. The monoisotopic (exact) mass is 254 g/mol. The minimum atomic E-state index is -0.525. The van der Waals surface area contributed by atoms with E-state index in [0.717, 1.165) is 0 Å². The van der Waals surface area contributed by atoms with Crippen LogP contribution >= 0.6 is 0 Å². The van der Waals surface area contributed by atoms with Gasteiger partial charge in [0, 0.05) is 31.0 Å². The zero-order valence-electron chi connectivity index (χ0n) is 10.5. The van der Waals surface area contributed by atoms with E-state index in [1.165, 1.54) is 13.2 Å². The second-order valence-electron chi connectivity index (χ2n) is 4.08. The first-order valence-corrected chi connectivity index (χ1v) is 5.70. The first-order chi connectivity index (χ1) is 8.54. The molecule has 2 N–H and O–H groups in total. The number of nitro benzene ring substituents is 1. The van der Waals surface area contributed by atoms with Gasteiger partial charge in [0.1, 0.15) is 0 Å². The average Bonchev–Trinajstić information content (AvgIpc) is 2.31. The number of rotatable bonds is 7. The lowest BCUT2D eigenvalue weighted by atomic mass is 10.2. The highest BCUT2D eigenvalue weighted by atomic mass is 16.6. The molecule has 0 bridgehead atoms. The van der Waals surface area contributed by atoms with Crippen molar-refractivity contribution in [3.05, 3.63) is 33.9 Å². The summed E-state index contributed by atoms with van der Waals surface area (Å²) in [6, 6.07) is 4.98. The van der Waals surface area contributed by atoms with Gasteiger partial charge in [0.25, 0.3) is 5.69 Å². The summed E-state index contributed by atoms with van der Waals surface area (Å²) in [5.74, 6) is 0. The number of aliphatic hydroxyl groups excluding tert-OH is 1. The summed E-state index contributed by atoms with van der Waals surface area (Å²) >= 11 is 0. The number of hydrogen-bond acceptors (Lipinski definition) is 5. The first kappa shape index (κ1) is 14.4. The average molecular weight is 254 g/mol. The van der Waals surface area contributed by atoms with Crippen molar-refractivity contribution in [2.75, 3.05) is 25.6 Å². The molecule has 1 rings (SSSR count). The van der Waals surface area contributed by atoms with Gasteiger partial charge in [-0.2, -0.15) is 0 Å². The maximum Gasteiger partial charge on any atom is 0.274 e. The predicted octanol–water partition coefficient (Wildman–Crippen LogP) is 1.71. The van der Waals surface area contributed by atoms with Crippen molar-refractivity contribution < 1.29 is 14.8 Å². The molecular weight excluding hydrogens is 236 g/mol. The lowest BCUT2D eigenvalue weighted by molar-refractivity contribution is -0.385. The third kappa shape index (κ3) is 4.31. The van der Waals surface area contributed by atoms with E-state index in [0.29, 0.717) is 24.2 Å². The quantitative estimate of drug-likeness (QED) is 0.571. The Morgan fingerprint density at radius 3 is 2.89 bits per heavy atom. The van der Waals surface area contributed by atoms with E-state index in [1.54, 1.807) is 19.1 Å². The van der Waals surface area contributed by atoms with Gasteiger partial charge in [-0.15, -0.1) is 0 Å². The molecule has 0 aliphatic rings. The molecule has 0 aliphatic carbocycles. The van der Waals surface area contributed by atoms with Gasteiger partial charge in [0.2, 0.25) is 0 Å². The molecule has 1 aromatic carbocycles.